The van der Waals surface area contributed by atoms with E-state index < -0.39 is 0 Å². The molecule has 1 N–H and O–H groups in total. The first-order chi connectivity index (χ1) is 9.36. The number of nitrogens with one attached hydrogen (secondary N) is 1. The van der Waals surface area contributed by atoms with E-state index in [1.54, 1.807) is 0 Å². The standard InChI is InChI=1S/C14H17N3OS/c1-15-13-11-8-4-2-6-10(8)19-14(11)17-12(16-13)9-5-3-7-18-9/h9H,2-7H2,1H3,(H,15,16,17). The first-order valence-corrected chi connectivity index (χ1v) is 7.80. The summed E-state index contributed by atoms with van der Waals surface area (Å²) in [5.41, 5.74) is 1.48. The number of aryl methyl sites for hydroxylation is 2. The van der Waals surface area contributed by atoms with Crippen molar-refractivity contribution >= 4 is 27.4 Å². The summed E-state index contributed by atoms with van der Waals surface area (Å²) in [6.45, 7) is 0.835. The number of thiophene rings is 1. The van der Waals surface area contributed by atoms with Crippen LogP contribution in [0.25, 0.3) is 10.2 Å². The van der Waals surface area contributed by atoms with Gasteiger partial charge in [0.15, 0.2) is 5.82 Å². The minimum atomic E-state index is 0.0911. The Bertz CT molecular complexity index is 631. The highest BCUT2D eigenvalue weighted by atomic mass is 32.1. The maximum Gasteiger partial charge on any atom is 0.161 e. The Balaban J connectivity index is 1.90. The van der Waals surface area contributed by atoms with Crippen LogP contribution in [0.2, 0.25) is 0 Å². The summed E-state index contributed by atoms with van der Waals surface area (Å²) in [6, 6.07) is 0. The topological polar surface area (TPSA) is 47.0 Å². The van der Waals surface area contributed by atoms with E-state index in [0.29, 0.717) is 0 Å². The van der Waals surface area contributed by atoms with Gasteiger partial charge in [0.25, 0.3) is 0 Å². The molecule has 2 aromatic rings. The van der Waals surface area contributed by atoms with Gasteiger partial charge in [-0.3, -0.25) is 0 Å². The highest BCUT2D eigenvalue weighted by Gasteiger charge is 2.26. The molecule has 4 nitrogen and oxygen atoms in total. The summed E-state index contributed by atoms with van der Waals surface area (Å²) >= 11 is 1.84. The molecule has 0 bridgehead atoms. The molecule has 3 heterocycles. The molecule has 0 spiro atoms. The molecule has 1 unspecified atom stereocenters. The summed E-state index contributed by atoms with van der Waals surface area (Å²) in [6.07, 6.45) is 5.89. The monoisotopic (exact) mass is 275 g/mol. The van der Waals surface area contributed by atoms with Crippen LogP contribution in [0.3, 0.4) is 0 Å². The Morgan fingerprint density at radius 2 is 2.21 bits per heavy atom. The van der Waals surface area contributed by atoms with Crippen LogP contribution < -0.4 is 5.32 Å². The van der Waals surface area contributed by atoms with Gasteiger partial charge in [0.1, 0.15) is 16.8 Å². The number of fused-ring (bicyclic) bond motifs is 3. The Morgan fingerprint density at radius 3 is 3.00 bits per heavy atom. The lowest BCUT2D eigenvalue weighted by molar-refractivity contribution is 0.105. The van der Waals surface area contributed by atoms with Crippen LogP contribution in [0.15, 0.2) is 0 Å². The van der Waals surface area contributed by atoms with Gasteiger partial charge in [-0.1, -0.05) is 0 Å². The normalized spacial score (nSPS) is 22.1. The molecule has 1 atom stereocenters. The molecule has 0 amide bonds. The van der Waals surface area contributed by atoms with Gasteiger partial charge in [0, 0.05) is 18.5 Å². The molecule has 5 heteroatoms. The molecule has 2 aliphatic rings. The van der Waals surface area contributed by atoms with Crippen molar-refractivity contribution in [2.24, 2.45) is 0 Å². The Morgan fingerprint density at radius 1 is 1.26 bits per heavy atom. The number of ether oxygens (including phenoxy) is 1. The predicted octanol–water partition coefficient (Wildman–Crippen LogP) is 3.07. The second-order valence-corrected chi connectivity index (χ2v) is 6.30. The first kappa shape index (κ1) is 11.6. The van der Waals surface area contributed by atoms with Crippen LogP contribution in [0, 0.1) is 0 Å². The van der Waals surface area contributed by atoms with Gasteiger partial charge < -0.3 is 10.1 Å². The molecule has 0 aromatic carbocycles. The fraction of sp³-hybridized carbons (Fsp3) is 0.571. The third kappa shape index (κ3) is 1.75. The second-order valence-electron chi connectivity index (χ2n) is 5.22. The summed E-state index contributed by atoms with van der Waals surface area (Å²) in [5.74, 6) is 1.84. The maximum atomic E-state index is 5.72. The fourth-order valence-electron chi connectivity index (χ4n) is 3.12. The smallest absolute Gasteiger partial charge is 0.161 e. The van der Waals surface area contributed by atoms with Gasteiger partial charge >= 0.3 is 0 Å². The predicted molar refractivity (Wildman–Crippen MR) is 76.9 cm³/mol. The van der Waals surface area contributed by atoms with E-state index in [9.17, 15) is 0 Å². The third-order valence-electron chi connectivity index (χ3n) is 4.04. The molecule has 100 valence electrons. The number of rotatable bonds is 2. The first-order valence-electron chi connectivity index (χ1n) is 6.98. The lowest BCUT2D eigenvalue weighted by Gasteiger charge is -2.11. The molecule has 4 rings (SSSR count). The average Bonchev–Trinajstić information content (AvgIpc) is 3.13. The number of anilines is 1. The fourth-order valence-corrected chi connectivity index (χ4v) is 4.39. The maximum absolute atomic E-state index is 5.72. The molecule has 0 radical (unpaired) electrons. The average molecular weight is 275 g/mol. The minimum Gasteiger partial charge on any atom is -0.372 e. The zero-order valence-corrected chi connectivity index (χ0v) is 11.8. The van der Waals surface area contributed by atoms with Gasteiger partial charge in [0.2, 0.25) is 0 Å². The van der Waals surface area contributed by atoms with Crippen molar-refractivity contribution in [1.29, 1.82) is 0 Å². The SMILES string of the molecule is CNc1nc(C2CCCO2)nc2sc3c(c12)CCC3. The van der Waals surface area contributed by atoms with E-state index in [-0.39, 0.29) is 6.10 Å². The van der Waals surface area contributed by atoms with Crippen LogP contribution in [-0.2, 0) is 17.6 Å². The number of hydrogen-bond acceptors (Lipinski definition) is 5. The second kappa shape index (κ2) is 4.42. The van der Waals surface area contributed by atoms with Crippen LogP contribution in [-0.4, -0.2) is 23.6 Å². The van der Waals surface area contributed by atoms with E-state index in [1.165, 1.54) is 35.1 Å². The number of nitrogens with zero attached hydrogens (tertiary/aromatic N) is 2. The molecular weight excluding hydrogens is 258 g/mol. The minimum absolute atomic E-state index is 0.0911. The van der Waals surface area contributed by atoms with Crippen LogP contribution in [0.4, 0.5) is 5.82 Å². The van der Waals surface area contributed by atoms with Gasteiger partial charge in [-0.2, -0.15) is 0 Å². The molecule has 1 saturated heterocycles. The van der Waals surface area contributed by atoms with Gasteiger partial charge in [-0.25, -0.2) is 9.97 Å². The molecule has 1 fully saturated rings. The highest BCUT2D eigenvalue weighted by Crippen LogP contribution is 2.40. The van der Waals surface area contributed by atoms with Crippen LogP contribution >= 0.6 is 11.3 Å². The highest BCUT2D eigenvalue weighted by molar-refractivity contribution is 7.19. The van der Waals surface area contributed by atoms with Crippen molar-refractivity contribution in [2.75, 3.05) is 19.0 Å². The number of hydrogen-bond donors (Lipinski definition) is 1. The summed E-state index contributed by atoms with van der Waals surface area (Å²) < 4.78 is 5.72. The lowest BCUT2D eigenvalue weighted by atomic mass is 10.1. The van der Waals surface area contributed by atoms with Crippen molar-refractivity contribution in [3.05, 3.63) is 16.3 Å². The molecule has 0 saturated carbocycles. The van der Waals surface area contributed by atoms with Crippen molar-refractivity contribution in [2.45, 2.75) is 38.2 Å². The Hall–Kier alpha value is -1.20. The van der Waals surface area contributed by atoms with Gasteiger partial charge in [-0.05, 0) is 37.7 Å². The lowest BCUT2D eigenvalue weighted by Crippen LogP contribution is -2.06. The Labute approximate surface area is 116 Å². The third-order valence-corrected chi connectivity index (χ3v) is 5.22. The van der Waals surface area contributed by atoms with E-state index in [2.05, 4.69) is 5.32 Å². The van der Waals surface area contributed by atoms with Crippen molar-refractivity contribution in [1.82, 2.24) is 9.97 Å². The molecular formula is C14H17N3OS. The van der Waals surface area contributed by atoms with Gasteiger partial charge in [0.05, 0.1) is 5.39 Å². The van der Waals surface area contributed by atoms with Crippen LogP contribution in [0.1, 0.15) is 41.6 Å². The Kier molecular flexibility index (Phi) is 2.70. The van der Waals surface area contributed by atoms with E-state index in [1.807, 2.05) is 18.4 Å². The summed E-state index contributed by atoms with van der Waals surface area (Å²) in [5, 5.41) is 4.50. The van der Waals surface area contributed by atoms with E-state index >= 15 is 0 Å². The number of aromatic nitrogens is 2. The van der Waals surface area contributed by atoms with E-state index in [0.717, 1.165) is 35.9 Å². The quantitative estimate of drug-likeness (QED) is 0.915. The summed E-state index contributed by atoms with van der Waals surface area (Å²) in [4.78, 5) is 12.1. The van der Waals surface area contributed by atoms with Gasteiger partial charge in [-0.15, -0.1) is 11.3 Å². The van der Waals surface area contributed by atoms with E-state index in [4.69, 9.17) is 14.7 Å². The zero-order chi connectivity index (χ0) is 12.8. The summed E-state index contributed by atoms with van der Waals surface area (Å²) in [7, 11) is 1.94. The molecule has 19 heavy (non-hydrogen) atoms. The van der Waals surface area contributed by atoms with Crippen molar-refractivity contribution < 1.29 is 4.74 Å². The zero-order valence-electron chi connectivity index (χ0n) is 11.0. The van der Waals surface area contributed by atoms with Crippen molar-refractivity contribution in [3.63, 3.8) is 0 Å². The molecule has 1 aliphatic carbocycles. The van der Waals surface area contributed by atoms with Crippen LogP contribution in [0.5, 0.6) is 0 Å². The molecule has 1 aliphatic heterocycles. The van der Waals surface area contributed by atoms with Crippen molar-refractivity contribution in [3.8, 4) is 0 Å². The molecule has 2 aromatic heterocycles. The largest absolute Gasteiger partial charge is 0.372 e.